The Morgan fingerprint density at radius 3 is 2.87 bits per heavy atom. The van der Waals surface area contributed by atoms with Crippen LogP contribution in [0.4, 0.5) is 8.78 Å². The third kappa shape index (κ3) is 4.44. The van der Waals surface area contributed by atoms with Gasteiger partial charge in [-0.1, -0.05) is 6.07 Å². The highest BCUT2D eigenvalue weighted by atomic mass is 19.1. The Morgan fingerprint density at radius 1 is 1.39 bits per heavy atom. The number of carbonyl (C=O) groups is 1. The Morgan fingerprint density at radius 2 is 2.17 bits per heavy atom. The van der Waals surface area contributed by atoms with Crippen LogP contribution in [-0.2, 0) is 11.3 Å². The minimum atomic E-state index is -1.31. The maximum atomic E-state index is 13.6. The van der Waals surface area contributed by atoms with Crippen molar-refractivity contribution in [3.8, 4) is 11.6 Å². The zero-order chi connectivity index (χ0) is 16.8. The molecule has 122 valence electrons. The number of rotatable bonds is 6. The van der Waals surface area contributed by atoms with Crippen molar-refractivity contribution in [3.63, 3.8) is 0 Å². The molecule has 0 spiro atoms. The van der Waals surface area contributed by atoms with Crippen LogP contribution in [0, 0.1) is 11.6 Å². The summed E-state index contributed by atoms with van der Waals surface area (Å²) in [6.45, 7) is -0.203. The number of nitrogens with one attached hydrogen (secondary N) is 1. The largest absolute Gasteiger partial charge is 0.436 e. The fourth-order valence-electron chi connectivity index (χ4n) is 1.72. The van der Waals surface area contributed by atoms with E-state index in [4.69, 9.17) is 10.5 Å². The van der Waals surface area contributed by atoms with Crippen molar-refractivity contribution in [3.05, 3.63) is 53.7 Å². The van der Waals surface area contributed by atoms with E-state index >= 15 is 0 Å². The topological polar surface area (TPSA) is 97.5 Å². The molecule has 1 atom stereocenters. The van der Waals surface area contributed by atoms with Crippen LogP contribution in [-0.4, -0.2) is 28.6 Å². The van der Waals surface area contributed by atoms with Gasteiger partial charge in [0.05, 0.1) is 0 Å². The summed E-state index contributed by atoms with van der Waals surface area (Å²) in [5.74, 6) is -2.38. The van der Waals surface area contributed by atoms with Crippen LogP contribution in [0.1, 0.15) is 5.56 Å². The van der Waals surface area contributed by atoms with Gasteiger partial charge in [0.1, 0.15) is 11.9 Å². The highest BCUT2D eigenvalue weighted by Gasteiger charge is 2.15. The molecule has 1 aromatic carbocycles. The maximum absolute atomic E-state index is 13.6. The van der Waals surface area contributed by atoms with Gasteiger partial charge in [-0.15, -0.1) is 0 Å². The molecule has 0 saturated heterocycles. The average Bonchev–Trinajstić information content (AvgIpc) is 2.55. The van der Waals surface area contributed by atoms with E-state index in [0.29, 0.717) is 11.6 Å². The second-order valence-corrected chi connectivity index (χ2v) is 4.61. The first kappa shape index (κ1) is 16.8. The maximum Gasteiger partial charge on any atom is 0.250 e. The number of hydrogen-bond acceptors (Lipinski definition) is 5. The average molecular weight is 323 g/mol. The number of pyridine rings is 1. The van der Waals surface area contributed by atoms with Crippen molar-refractivity contribution in [1.82, 2.24) is 10.3 Å². The van der Waals surface area contributed by atoms with E-state index in [1.165, 1.54) is 6.20 Å². The normalized spacial score (nSPS) is 11.8. The first-order chi connectivity index (χ1) is 11.0. The summed E-state index contributed by atoms with van der Waals surface area (Å²) in [7, 11) is 0. The van der Waals surface area contributed by atoms with Crippen molar-refractivity contribution in [2.45, 2.75) is 12.6 Å². The predicted molar refractivity (Wildman–Crippen MR) is 77.6 cm³/mol. The first-order valence-corrected chi connectivity index (χ1v) is 6.74. The molecule has 2 rings (SSSR count). The molecular formula is C15H15F2N3O3. The molecule has 2 aromatic rings. The number of halogens is 2. The summed E-state index contributed by atoms with van der Waals surface area (Å²) in [6, 6.07) is 6.10. The smallest absolute Gasteiger partial charge is 0.250 e. The number of nitrogens with two attached hydrogens (primary N) is 1. The molecule has 8 heteroatoms. The van der Waals surface area contributed by atoms with Crippen molar-refractivity contribution in [2.24, 2.45) is 5.73 Å². The molecule has 0 bridgehead atoms. The zero-order valence-corrected chi connectivity index (χ0v) is 12.0. The molecule has 0 radical (unpaired) electrons. The molecule has 4 N–H and O–H groups in total. The Kier molecular flexibility index (Phi) is 5.56. The highest BCUT2D eigenvalue weighted by molar-refractivity contribution is 5.80. The van der Waals surface area contributed by atoms with Crippen molar-refractivity contribution < 1.29 is 23.4 Å². The highest BCUT2D eigenvalue weighted by Crippen LogP contribution is 2.25. The summed E-state index contributed by atoms with van der Waals surface area (Å²) in [6.07, 6.45) is 0.113. The van der Waals surface area contributed by atoms with E-state index in [1.54, 1.807) is 12.1 Å². The van der Waals surface area contributed by atoms with E-state index in [2.05, 4.69) is 10.3 Å². The number of amides is 1. The number of benzene rings is 1. The fourth-order valence-corrected chi connectivity index (χ4v) is 1.72. The number of hydrogen-bond donors (Lipinski definition) is 3. The van der Waals surface area contributed by atoms with Gasteiger partial charge in [0.15, 0.2) is 11.6 Å². The number of nitrogens with zero attached hydrogens (tertiary/aromatic N) is 1. The minimum Gasteiger partial charge on any atom is -0.436 e. The Balaban J connectivity index is 2.12. The van der Waals surface area contributed by atoms with E-state index in [1.807, 2.05) is 0 Å². The summed E-state index contributed by atoms with van der Waals surface area (Å²) in [5.41, 5.74) is 5.64. The number of aliphatic hydroxyl groups is 1. The Hall–Kier alpha value is -2.58. The SMILES string of the molecule is NC[C@@H](O)C(=O)NCc1cccnc1Oc1ccc(F)cc1F. The Bertz CT molecular complexity index is 697. The second-order valence-electron chi connectivity index (χ2n) is 4.61. The van der Waals surface area contributed by atoms with Crippen LogP contribution in [0.25, 0.3) is 0 Å². The van der Waals surface area contributed by atoms with E-state index < -0.39 is 23.6 Å². The number of carbonyl (C=O) groups excluding carboxylic acids is 1. The van der Waals surface area contributed by atoms with Gasteiger partial charge in [-0.3, -0.25) is 4.79 Å². The third-order valence-corrected chi connectivity index (χ3v) is 2.93. The summed E-state index contributed by atoms with van der Waals surface area (Å²) in [5, 5.41) is 11.8. The molecule has 0 saturated carbocycles. The molecular weight excluding hydrogens is 308 g/mol. The predicted octanol–water partition coefficient (Wildman–Crippen LogP) is 1.09. The van der Waals surface area contributed by atoms with Crippen molar-refractivity contribution in [2.75, 3.05) is 6.54 Å². The molecule has 0 aliphatic heterocycles. The lowest BCUT2D eigenvalue weighted by atomic mass is 10.2. The molecule has 0 aliphatic rings. The van der Waals surface area contributed by atoms with Crippen molar-refractivity contribution >= 4 is 5.91 Å². The van der Waals surface area contributed by atoms with E-state index in [9.17, 15) is 18.7 Å². The van der Waals surface area contributed by atoms with Crippen LogP contribution in [0.3, 0.4) is 0 Å². The second kappa shape index (κ2) is 7.61. The van der Waals surface area contributed by atoms with Gasteiger partial charge < -0.3 is 20.9 Å². The summed E-state index contributed by atoms with van der Waals surface area (Å²) >= 11 is 0. The van der Waals surface area contributed by atoms with Gasteiger partial charge in [-0.25, -0.2) is 13.8 Å². The van der Waals surface area contributed by atoms with Gasteiger partial charge in [0.2, 0.25) is 11.8 Å². The van der Waals surface area contributed by atoms with E-state index in [0.717, 1.165) is 12.1 Å². The zero-order valence-electron chi connectivity index (χ0n) is 12.0. The molecule has 0 fully saturated rings. The molecule has 23 heavy (non-hydrogen) atoms. The fraction of sp³-hybridized carbons (Fsp3) is 0.200. The molecule has 1 heterocycles. The quantitative estimate of drug-likeness (QED) is 0.739. The standard InChI is InChI=1S/C15H15F2N3O3/c16-10-3-4-13(11(17)6-10)23-15-9(2-1-5-19-15)8-20-14(22)12(21)7-18/h1-6,12,21H,7-8,18H2,(H,20,22)/t12-/m1/s1. The third-order valence-electron chi connectivity index (χ3n) is 2.93. The summed E-state index contributed by atoms with van der Waals surface area (Å²) < 4.78 is 31.8. The van der Waals surface area contributed by atoms with Crippen LogP contribution >= 0.6 is 0 Å². The van der Waals surface area contributed by atoms with Gasteiger partial charge >= 0.3 is 0 Å². The lowest BCUT2D eigenvalue weighted by Gasteiger charge is -2.12. The first-order valence-electron chi connectivity index (χ1n) is 6.74. The number of aliphatic hydroxyl groups excluding tert-OH is 1. The van der Waals surface area contributed by atoms with Crippen LogP contribution in [0.2, 0.25) is 0 Å². The summed E-state index contributed by atoms with van der Waals surface area (Å²) in [4.78, 5) is 15.5. The lowest BCUT2D eigenvalue weighted by molar-refractivity contribution is -0.128. The van der Waals surface area contributed by atoms with Gasteiger partial charge in [-0.2, -0.15) is 0 Å². The molecule has 6 nitrogen and oxygen atoms in total. The van der Waals surface area contributed by atoms with Gasteiger partial charge in [0.25, 0.3) is 0 Å². The molecule has 1 aromatic heterocycles. The monoisotopic (exact) mass is 323 g/mol. The molecule has 0 aliphatic carbocycles. The minimum absolute atomic E-state index is 0.00187. The lowest BCUT2D eigenvalue weighted by Crippen LogP contribution is -2.38. The van der Waals surface area contributed by atoms with Crippen LogP contribution in [0.15, 0.2) is 36.5 Å². The Labute approximate surface area is 130 Å². The number of aromatic nitrogens is 1. The molecule has 1 amide bonds. The van der Waals surface area contributed by atoms with E-state index in [-0.39, 0.29) is 24.7 Å². The van der Waals surface area contributed by atoms with Gasteiger partial charge in [0, 0.05) is 30.9 Å². The number of ether oxygens (including phenoxy) is 1. The molecule has 0 unspecified atom stereocenters. The van der Waals surface area contributed by atoms with Crippen LogP contribution in [0.5, 0.6) is 11.6 Å². The van der Waals surface area contributed by atoms with Crippen LogP contribution < -0.4 is 15.8 Å². The van der Waals surface area contributed by atoms with Gasteiger partial charge in [-0.05, 0) is 18.2 Å². The van der Waals surface area contributed by atoms with Crippen molar-refractivity contribution in [1.29, 1.82) is 0 Å².